The van der Waals surface area contributed by atoms with Crippen LogP contribution in [0, 0.1) is 0 Å². The maximum atomic E-state index is 11.1. The predicted octanol–water partition coefficient (Wildman–Crippen LogP) is 3.73. The molecule has 0 spiro atoms. The van der Waals surface area contributed by atoms with Gasteiger partial charge >= 0.3 is 0 Å². The highest BCUT2D eigenvalue weighted by Gasteiger charge is 2.02. The molecule has 134 valence electrons. The number of nitrogens with one attached hydrogen (secondary N) is 1. The third-order valence-electron chi connectivity index (χ3n) is 4.03. The molecule has 1 heterocycles. The highest BCUT2D eigenvalue weighted by Crippen LogP contribution is 2.22. The Bertz CT molecular complexity index is 812. The van der Waals surface area contributed by atoms with Crippen LogP contribution in [0.1, 0.15) is 15.2 Å². The lowest BCUT2D eigenvalue weighted by molar-refractivity contribution is 0.100. The molecule has 0 aliphatic heterocycles. The van der Waals surface area contributed by atoms with Gasteiger partial charge in [0.1, 0.15) is 12.4 Å². The van der Waals surface area contributed by atoms with Gasteiger partial charge in [-0.3, -0.25) is 4.79 Å². The monoisotopic (exact) mass is 366 g/mol. The van der Waals surface area contributed by atoms with E-state index in [-0.39, 0.29) is 0 Å². The van der Waals surface area contributed by atoms with Crippen LogP contribution >= 0.6 is 11.3 Å². The molecule has 0 bridgehead atoms. The van der Waals surface area contributed by atoms with E-state index in [1.165, 1.54) is 4.88 Å². The number of benzene rings is 2. The Balaban J connectivity index is 1.42. The molecule has 26 heavy (non-hydrogen) atoms. The van der Waals surface area contributed by atoms with Crippen LogP contribution in [0.4, 0.5) is 0 Å². The third kappa shape index (κ3) is 5.18. The summed E-state index contributed by atoms with van der Waals surface area (Å²) < 4.78 is 5.76. The quantitative estimate of drug-likeness (QED) is 0.567. The molecule has 0 fully saturated rings. The molecule has 3 aromatic rings. The minimum atomic E-state index is -0.413. The van der Waals surface area contributed by atoms with Crippen LogP contribution in [0.5, 0.6) is 5.75 Å². The van der Waals surface area contributed by atoms with Crippen LogP contribution in [-0.4, -0.2) is 25.6 Å². The summed E-state index contributed by atoms with van der Waals surface area (Å²) in [5.74, 6) is 0.437. The molecule has 0 saturated heterocycles. The van der Waals surface area contributed by atoms with Crippen molar-refractivity contribution in [3.63, 3.8) is 0 Å². The number of hydrogen-bond acceptors (Lipinski definition) is 4. The van der Waals surface area contributed by atoms with E-state index in [9.17, 15) is 4.79 Å². The van der Waals surface area contributed by atoms with Gasteiger partial charge in [0, 0.05) is 23.5 Å². The maximum Gasteiger partial charge on any atom is 0.248 e. The Labute approximate surface area is 157 Å². The van der Waals surface area contributed by atoms with Crippen molar-refractivity contribution in [3.05, 3.63) is 76.5 Å². The fourth-order valence-electron chi connectivity index (χ4n) is 2.60. The number of amides is 1. The normalized spacial score (nSPS) is 10.6. The smallest absolute Gasteiger partial charge is 0.248 e. The molecule has 0 aliphatic rings. The van der Waals surface area contributed by atoms with Crippen LogP contribution in [0.2, 0.25) is 0 Å². The van der Waals surface area contributed by atoms with E-state index in [0.29, 0.717) is 12.2 Å². The predicted molar refractivity (Wildman–Crippen MR) is 107 cm³/mol. The van der Waals surface area contributed by atoms with Gasteiger partial charge in [-0.25, -0.2) is 0 Å². The Morgan fingerprint density at radius 1 is 0.962 bits per heavy atom. The molecule has 2 aromatic carbocycles. The molecule has 4 nitrogen and oxygen atoms in total. The van der Waals surface area contributed by atoms with E-state index in [1.54, 1.807) is 23.5 Å². The fourth-order valence-corrected chi connectivity index (χ4v) is 3.31. The Morgan fingerprint density at radius 2 is 1.65 bits per heavy atom. The molecule has 3 N–H and O–H groups in total. The number of nitrogens with two attached hydrogens (primary N) is 1. The van der Waals surface area contributed by atoms with Gasteiger partial charge < -0.3 is 15.8 Å². The number of ether oxygens (including phenoxy) is 1. The highest BCUT2D eigenvalue weighted by molar-refractivity contribution is 7.09. The molecule has 0 radical (unpaired) electrons. The van der Waals surface area contributed by atoms with E-state index in [2.05, 4.69) is 22.8 Å². The van der Waals surface area contributed by atoms with Crippen molar-refractivity contribution in [1.82, 2.24) is 5.32 Å². The van der Waals surface area contributed by atoms with Crippen molar-refractivity contribution < 1.29 is 9.53 Å². The number of primary amides is 1. The van der Waals surface area contributed by atoms with Gasteiger partial charge in [0.2, 0.25) is 5.91 Å². The molecule has 1 amide bonds. The summed E-state index contributed by atoms with van der Waals surface area (Å²) in [6.07, 6.45) is 1.06. The third-order valence-corrected chi connectivity index (χ3v) is 4.97. The Hall–Kier alpha value is -2.63. The van der Waals surface area contributed by atoms with E-state index in [0.717, 1.165) is 36.4 Å². The molecule has 0 aliphatic carbocycles. The number of carbonyl (C=O) groups is 1. The minimum absolute atomic E-state index is 0.413. The zero-order valence-corrected chi connectivity index (χ0v) is 15.3. The number of hydrogen-bond donors (Lipinski definition) is 2. The van der Waals surface area contributed by atoms with Crippen molar-refractivity contribution in [3.8, 4) is 16.9 Å². The first-order chi connectivity index (χ1) is 12.7. The average Bonchev–Trinajstić information content (AvgIpc) is 3.19. The Kier molecular flexibility index (Phi) is 6.41. The molecular weight excluding hydrogens is 344 g/mol. The SMILES string of the molecule is NC(=O)c1ccc(-c2ccc(OCCNCCc3cccs3)cc2)cc1. The van der Waals surface area contributed by atoms with Gasteiger partial charge in [-0.2, -0.15) is 0 Å². The number of rotatable bonds is 9. The summed E-state index contributed by atoms with van der Waals surface area (Å²) in [7, 11) is 0. The zero-order chi connectivity index (χ0) is 18.2. The van der Waals surface area contributed by atoms with E-state index >= 15 is 0 Å². The first kappa shape index (κ1) is 18.2. The van der Waals surface area contributed by atoms with Crippen molar-refractivity contribution >= 4 is 17.2 Å². The van der Waals surface area contributed by atoms with Gasteiger partial charge in [-0.15, -0.1) is 11.3 Å². The average molecular weight is 366 g/mol. The molecule has 1 aromatic heterocycles. The summed E-state index contributed by atoms with van der Waals surface area (Å²) in [6, 6.07) is 19.5. The van der Waals surface area contributed by atoms with E-state index in [1.807, 2.05) is 36.4 Å². The lowest BCUT2D eigenvalue weighted by Crippen LogP contribution is -2.23. The molecular formula is C21H22N2O2S. The van der Waals surface area contributed by atoms with Gasteiger partial charge in [0.25, 0.3) is 0 Å². The highest BCUT2D eigenvalue weighted by atomic mass is 32.1. The maximum absolute atomic E-state index is 11.1. The fraction of sp³-hybridized carbons (Fsp3) is 0.190. The molecule has 0 saturated carbocycles. The Morgan fingerprint density at radius 3 is 2.27 bits per heavy atom. The van der Waals surface area contributed by atoms with Crippen LogP contribution in [0.25, 0.3) is 11.1 Å². The van der Waals surface area contributed by atoms with Crippen molar-refractivity contribution in [2.75, 3.05) is 19.7 Å². The van der Waals surface area contributed by atoms with Crippen LogP contribution in [0.3, 0.4) is 0 Å². The zero-order valence-electron chi connectivity index (χ0n) is 14.5. The van der Waals surface area contributed by atoms with Gasteiger partial charge in [-0.1, -0.05) is 30.3 Å². The van der Waals surface area contributed by atoms with Gasteiger partial charge in [0.15, 0.2) is 0 Å². The van der Waals surface area contributed by atoms with Crippen molar-refractivity contribution in [2.24, 2.45) is 5.73 Å². The van der Waals surface area contributed by atoms with E-state index in [4.69, 9.17) is 10.5 Å². The van der Waals surface area contributed by atoms with Crippen molar-refractivity contribution in [2.45, 2.75) is 6.42 Å². The second-order valence-corrected chi connectivity index (χ2v) is 6.93. The summed E-state index contributed by atoms with van der Waals surface area (Å²) in [6.45, 7) is 2.42. The van der Waals surface area contributed by atoms with Crippen molar-refractivity contribution in [1.29, 1.82) is 0 Å². The molecule has 0 atom stereocenters. The largest absolute Gasteiger partial charge is 0.492 e. The minimum Gasteiger partial charge on any atom is -0.492 e. The molecule has 5 heteroatoms. The van der Waals surface area contributed by atoms with E-state index < -0.39 is 5.91 Å². The summed E-state index contributed by atoms with van der Waals surface area (Å²) in [4.78, 5) is 12.5. The van der Waals surface area contributed by atoms with Gasteiger partial charge in [-0.05, 0) is 53.3 Å². The standard InChI is InChI=1S/C21H22N2O2S/c22-21(24)18-5-3-16(4-6-18)17-7-9-19(10-8-17)25-14-13-23-12-11-20-2-1-15-26-20/h1-10,15,23H,11-14H2,(H2,22,24). The summed E-state index contributed by atoms with van der Waals surface area (Å²) in [5.41, 5.74) is 7.89. The molecule has 3 rings (SSSR count). The van der Waals surface area contributed by atoms with Crippen LogP contribution < -0.4 is 15.8 Å². The first-order valence-corrected chi connectivity index (χ1v) is 9.46. The second-order valence-electron chi connectivity index (χ2n) is 5.89. The lowest BCUT2D eigenvalue weighted by atomic mass is 10.0. The molecule has 0 unspecified atom stereocenters. The lowest BCUT2D eigenvalue weighted by Gasteiger charge is -2.08. The van der Waals surface area contributed by atoms with Crippen LogP contribution in [-0.2, 0) is 6.42 Å². The number of thiophene rings is 1. The summed E-state index contributed by atoms with van der Waals surface area (Å²) in [5, 5.41) is 5.49. The van der Waals surface area contributed by atoms with Crippen LogP contribution in [0.15, 0.2) is 66.0 Å². The summed E-state index contributed by atoms with van der Waals surface area (Å²) >= 11 is 1.79. The first-order valence-electron chi connectivity index (χ1n) is 8.58. The number of carbonyl (C=O) groups excluding carboxylic acids is 1. The second kappa shape index (κ2) is 9.17. The topological polar surface area (TPSA) is 64.4 Å². The van der Waals surface area contributed by atoms with Gasteiger partial charge in [0.05, 0.1) is 0 Å².